The van der Waals surface area contributed by atoms with E-state index in [1.54, 1.807) is 54.6 Å². The van der Waals surface area contributed by atoms with Gasteiger partial charge >= 0.3 is 0 Å². The van der Waals surface area contributed by atoms with E-state index in [-0.39, 0.29) is 16.8 Å². The van der Waals surface area contributed by atoms with Gasteiger partial charge in [0.15, 0.2) is 0 Å². The molecule has 0 bridgehead atoms. The molecule has 2 aromatic rings. The summed E-state index contributed by atoms with van der Waals surface area (Å²) in [5, 5.41) is 3.48. The third-order valence-electron chi connectivity index (χ3n) is 4.75. The molecule has 1 amide bonds. The average molecular weight is 422 g/mol. The van der Waals surface area contributed by atoms with Crippen molar-refractivity contribution in [3.8, 4) is 0 Å². The molecule has 2 aromatic carbocycles. The van der Waals surface area contributed by atoms with Gasteiger partial charge in [0.25, 0.3) is 0 Å². The van der Waals surface area contributed by atoms with E-state index in [0.717, 1.165) is 31.6 Å². The van der Waals surface area contributed by atoms with Gasteiger partial charge in [0.2, 0.25) is 15.9 Å². The Bertz CT molecular complexity index is 881. The van der Waals surface area contributed by atoms with Gasteiger partial charge in [-0.15, -0.1) is 0 Å². The van der Waals surface area contributed by atoms with Crippen LogP contribution in [0.5, 0.6) is 0 Å². The number of hydrogen-bond acceptors (Lipinski definition) is 4. The van der Waals surface area contributed by atoms with Gasteiger partial charge < -0.3 is 10.2 Å². The molecule has 0 spiro atoms. The lowest BCUT2D eigenvalue weighted by atomic mass is 10.1. The summed E-state index contributed by atoms with van der Waals surface area (Å²) < 4.78 is 27.6. The zero-order valence-corrected chi connectivity index (χ0v) is 17.0. The minimum Gasteiger partial charge on any atom is -0.326 e. The highest BCUT2D eigenvalue weighted by Crippen LogP contribution is 2.16. The molecule has 0 radical (unpaired) electrons. The Morgan fingerprint density at radius 3 is 2.32 bits per heavy atom. The molecule has 1 aliphatic heterocycles. The molecular weight excluding hydrogens is 398 g/mol. The Labute approximate surface area is 170 Å². The summed E-state index contributed by atoms with van der Waals surface area (Å²) in [7, 11) is -3.48. The lowest BCUT2D eigenvalue weighted by Gasteiger charge is -2.32. The smallest absolute Gasteiger partial charge is 0.240 e. The topological polar surface area (TPSA) is 78.5 Å². The predicted molar refractivity (Wildman–Crippen MR) is 111 cm³/mol. The van der Waals surface area contributed by atoms with Gasteiger partial charge in [-0.2, -0.15) is 0 Å². The first-order valence-corrected chi connectivity index (χ1v) is 11.1. The minimum atomic E-state index is -3.48. The van der Waals surface area contributed by atoms with Crippen molar-refractivity contribution in [3.63, 3.8) is 0 Å². The quantitative estimate of drug-likeness (QED) is 0.720. The van der Waals surface area contributed by atoms with Crippen molar-refractivity contribution < 1.29 is 13.2 Å². The van der Waals surface area contributed by atoms with E-state index in [1.165, 1.54) is 0 Å². The number of anilines is 1. The second-order valence-electron chi connectivity index (χ2n) is 6.86. The number of benzene rings is 2. The molecule has 0 aliphatic carbocycles. The monoisotopic (exact) mass is 421 g/mol. The number of sulfonamides is 1. The Hall–Kier alpha value is -1.93. The fraction of sp³-hybridized carbons (Fsp3) is 0.350. The maximum absolute atomic E-state index is 12.4. The Balaban J connectivity index is 1.40. The van der Waals surface area contributed by atoms with E-state index >= 15 is 0 Å². The number of nitrogens with zero attached hydrogens (tertiary/aromatic N) is 1. The van der Waals surface area contributed by atoms with Crippen molar-refractivity contribution >= 4 is 33.2 Å². The first kappa shape index (κ1) is 20.8. The maximum atomic E-state index is 12.4. The summed E-state index contributed by atoms with van der Waals surface area (Å²) in [6.45, 7) is 2.17. The molecule has 8 heteroatoms. The van der Waals surface area contributed by atoms with Gasteiger partial charge in [-0.3, -0.25) is 4.79 Å². The zero-order chi connectivity index (χ0) is 20.0. The van der Waals surface area contributed by atoms with Crippen LogP contribution in [0.3, 0.4) is 0 Å². The van der Waals surface area contributed by atoms with Gasteiger partial charge in [0, 0.05) is 29.7 Å². The van der Waals surface area contributed by atoms with E-state index in [2.05, 4.69) is 14.9 Å². The highest BCUT2D eigenvalue weighted by molar-refractivity contribution is 7.89. The Morgan fingerprint density at radius 1 is 1.04 bits per heavy atom. The van der Waals surface area contributed by atoms with Gasteiger partial charge in [-0.1, -0.05) is 29.8 Å². The number of hydrogen-bond donors (Lipinski definition) is 2. The summed E-state index contributed by atoms with van der Waals surface area (Å²) in [6, 6.07) is 15.3. The third kappa shape index (κ3) is 6.04. The van der Waals surface area contributed by atoms with Crippen LogP contribution >= 0.6 is 11.6 Å². The molecule has 6 nitrogen and oxygen atoms in total. The average Bonchev–Trinajstić information content (AvgIpc) is 2.70. The van der Waals surface area contributed by atoms with Gasteiger partial charge in [0.05, 0.1) is 4.90 Å². The van der Waals surface area contributed by atoms with Crippen LogP contribution in [0.25, 0.3) is 0 Å². The molecule has 1 aliphatic rings. The minimum absolute atomic E-state index is 0.0470. The molecule has 2 N–H and O–H groups in total. The van der Waals surface area contributed by atoms with Crippen LogP contribution in [0.15, 0.2) is 59.5 Å². The van der Waals surface area contributed by atoms with Crippen molar-refractivity contribution in [2.75, 3.05) is 25.0 Å². The molecular formula is C20H24ClN3O3S. The first-order chi connectivity index (χ1) is 13.4. The van der Waals surface area contributed by atoms with Crippen molar-refractivity contribution in [1.29, 1.82) is 0 Å². The van der Waals surface area contributed by atoms with Crippen LogP contribution in [0.4, 0.5) is 5.69 Å². The van der Waals surface area contributed by atoms with Crippen LogP contribution in [-0.2, 0) is 14.8 Å². The Morgan fingerprint density at radius 2 is 1.68 bits per heavy atom. The normalized spacial score (nSPS) is 16.0. The highest BCUT2D eigenvalue weighted by atomic mass is 35.5. The summed E-state index contributed by atoms with van der Waals surface area (Å²) >= 11 is 5.84. The summed E-state index contributed by atoms with van der Waals surface area (Å²) in [6.07, 6.45) is 1.85. The highest BCUT2D eigenvalue weighted by Gasteiger charge is 2.24. The number of likely N-dealkylation sites (tertiary alicyclic amines) is 1. The van der Waals surface area contributed by atoms with Crippen LogP contribution in [0, 0.1) is 0 Å². The van der Waals surface area contributed by atoms with E-state index < -0.39 is 10.0 Å². The van der Waals surface area contributed by atoms with Gasteiger partial charge in [-0.05, 0) is 62.3 Å². The van der Waals surface area contributed by atoms with E-state index in [4.69, 9.17) is 11.6 Å². The number of amides is 1. The molecule has 1 fully saturated rings. The second kappa shape index (κ2) is 9.52. The molecule has 0 saturated carbocycles. The lowest BCUT2D eigenvalue weighted by molar-refractivity contribution is -0.116. The first-order valence-electron chi connectivity index (χ1n) is 9.27. The molecule has 1 heterocycles. The van der Waals surface area contributed by atoms with E-state index in [1.807, 2.05) is 0 Å². The SMILES string of the molecule is O=C(CCN1CCC(NS(=O)(=O)c2ccccc2)CC1)Nc1ccc(Cl)cc1. The van der Waals surface area contributed by atoms with Crippen molar-refractivity contribution in [2.45, 2.75) is 30.2 Å². The number of carbonyl (C=O) groups excluding carboxylic acids is 1. The molecule has 1 saturated heterocycles. The molecule has 28 heavy (non-hydrogen) atoms. The van der Waals surface area contributed by atoms with Gasteiger partial charge in [0.1, 0.15) is 0 Å². The van der Waals surface area contributed by atoms with E-state index in [9.17, 15) is 13.2 Å². The molecule has 150 valence electrons. The Kier molecular flexibility index (Phi) is 7.07. The van der Waals surface area contributed by atoms with Crippen molar-refractivity contribution in [1.82, 2.24) is 9.62 Å². The molecule has 0 aromatic heterocycles. The maximum Gasteiger partial charge on any atom is 0.240 e. The van der Waals surface area contributed by atoms with Crippen molar-refractivity contribution in [3.05, 3.63) is 59.6 Å². The largest absolute Gasteiger partial charge is 0.326 e. The standard InChI is InChI=1S/C20H24ClN3O3S/c21-16-6-8-17(9-7-16)22-20(25)12-15-24-13-10-18(11-14-24)23-28(26,27)19-4-2-1-3-5-19/h1-9,18,23H,10-15H2,(H,22,25). The fourth-order valence-corrected chi connectivity index (χ4v) is 4.63. The lowest BCUT2D eigenvalue weighted by Crippen LogP contribution is -2.45. The summed E-state index contributed by atoms with van der Waals surface area (Å²) in [4.78, 5) is 14.6. The number of carbonyl (C=O) groups is 1. The van der Waals surface area contributed by atoms with Crippen molar-refractivity contribution in [2.24, 2.45) is 0 Å². The molecule has 0 unspecified atom stereocenters. The zero-order valence-electron chi connectivity index (χ0n) is 15.5. The van der Waals surface area contributed by atoms with Crippen LogP contribution in [0.1, 0.15) is 19.3 Å². The van der Waals surface area contributed by atoms with Gasteiger partial charge in [-0.25, -0.2) is 13.1 Å². The second-order valence-corrected chi connectivity index (χ2v) is 9.01. The molecule has 3 rings (SSSR count). The number of halogens is 1. The number of rotatable bonds is 7. The predicted octanol–water partition coefficient (Wildman–Crippen LogP) is 3.11. The van der Waals surface area contributed by atoms with Crippen LogP contribution < -0.4 is 10.0 Å². The number of nitrogens with one attached hydrogen (secondary N) is 2. The fourth-order valence-electron chi connectivity index (χ4n) is 3.18. The molecule has 0 atom stereocenters. The van der Waals surface area contributed by atoms with E-state index in [0.29, 0.717) is 18.0 Å². The third-order valence-corrected chi connectivity index (χ3v) is 6.53. The van der Waals surface area contributed by atoms with Crippen LogP contribution in [-0.4, -0.2) is 44.9 Å². The number of piperidine rings is 1. The van der Waals surface area contributed by atoms with Crippen LogP contribution in [0.2, 0.25) is 5.02 Å². The summed E-state index contributed by atoms with van der Waals surface area (Å²) in [5.74, 6) is -0.0470. The summed E-state index contributed by atoms with van der Waals surface area (Å²) in [5.41, 5.74) is 0.725.